The Hall–Kier alpha value is -1.06. The van der Waals surface area contributed by atoms with E-state index >= 15 is 0 Å². The van der Waals surface area contributed by atoms with E-state index in [4.69, 9.17) is 0 Å². The Morgan fingerprint density at radius 2 is 1.83 bits per heavy atom. The molecule has 1 amide bonds. The van der Waals surface area contributed by atoms with Crippen LogP contribution in [-0.4, -0.2) is 35.0 Å². The third-order valence-corrected chi connectivity index (χ3v) is 4.12. The molecule has 4 heteroatoms. The van der Waals surface area contributed by atoms with Gasteiger partial charge in [0.25, 0.3) is 0 Å². The Kier molecular flexibility index (Phi) is 5.63. The number of carboxylic acids is 1. The zero-order valence-electron chi connectivity index (χ0n) is 11.7. The predicted octanol–water partition coefficient (Wildman–Crippen LogP) is 2.52. The second kappa shape index (κ2) is 6.76. The molecule has 3 unspecified atom stereocenters. The molecule has 0 heterocycles. The monoisotopic (exact) mass is 255 g/mol. The fraction of sp³-hybridized carbons (Fsp3) is 0.857. The molecule has 0 aromatic rings. The van der Waals surface area contributed by atoms with E-state index in [2.05, 4.69) is 6.92 Å². The molecule has 1 aliphatic carbocycles. The maximum absolute atomic E-state index is 12.4. The highest BCUT2D eigenvalue weighted by Crippen LogP contribution is 2.32. The first-order valence-electron chi connectivity index (χ1n) is 6.98. The zero-order chi connectivity index (χ0) is 13.7. The molecule has 1 aliphatic rings. The first-order chi connectivity index (χ1) is 8.49. The van der Waals surface area contributed by atoms with Crippen molar-refractivity contribution >= 4 is 11.9 Å². The van der Waals surface area contributed by atoms with Crippen molar-refractivity contribution < 1.29 is 14.7 Å². The summed E-state index contributed by atoms with van der Waals surface area (Å²) >= 11 is 0. The number of carbonyl (C=O) groups is 2. The quantitative estimate of drug-likeness (QED) is 0.821. The van der Waals surface area contributed by atoms with E-state index in [1.54, 1.807) is 11.9 Å². The van der Waals surface area contributed by atoms with E-state index in [0.717, 1.165) is 32.1 Å². The summed E-state index contributed by atoms with van der Waals surface area (Å²) in [6.07, 6.45) is 5.25. The molecule has 1 N–H and O–H groups in total. The molecule has 1 fully saturated rings. The van der Waals surface area contributed by atoms with Crippen LogP contribution in [-0.2, 0) is 9.59 Å². The van der Waals surface area contributed by atoms with Crippen LogP contribution in [0.5, 0.6) is 0 Å². The van der Waals surface area contributed by atoms with E-state index in [1.165, 1.54) is 0 Å². The van der Waals surface area contributed by atoms with E-state index in [9.17, 15) is 14.7 Å². The fourth-order valence-electron chi connectivity index (χ4n) is 2.81. The number of nitrogens with zero attached hydrogens (tertiary/aromatic N) is 1. The molecule has 1 saturated carbocycles. The largest absolute Gasteiger partial charge is 0.481 e. The van der Waals surface area contributed by atoms with Crippen molar-refractivity contribution in [3.63, 3.8) is 0 Å². The molecule has 18 heavy (non-hydrogen) atoms. The number of hydrogen-bond acceptors (Lipinski definition) is 2. The summed E-state index contributed by atoms with van der Waals surface area (Å²) in [5.74, 6) is -1.60. The SMILES string of the molecule is CCCC(C)N(C)C(=O)C1CCCCC1C(=O)O. The van der Waals surface area contributed by atoms with Crippen LogP contribution in [0.25, 0.3) is 0 Å². The van der Waals surface area contributed by atoms with Gasteiger partial charge in [-0.1, -0.05) is 26.2 Å². The Morgan fingerprint density at radius 3 is 2.33 bits per heavy atom. The van der Waals surface area contributed by atoms with E-state index in [0.29, 0.717) is 6.42 Å². The van der Waals surface area contributed by atoms with Gasteiger partial charge in [-0.3, -0.25) is 9.59 Å². The second-order valence-electron chi connectivity index (χ2n) is 5.42. The smallest absolute Gasteiger partial charge is 0.307 e. The molecule has 0 saturated heterocycles. The van der Waals surface area contributed by atoms with Crippen LogP contribution in [0.1, 0.15) is 52.4 Å². The third kappa shape index (κ3) is 3.47. The highest BCUT2D eigenvalue weighted by Gasteiger charge is 2.37. The molecule has 0 spiro atoms. The normalized spacial score (nSPS) is 25.5. The lowest BCUT2D eigenvalue weighted by Gasteiger charge is -2.33. The molecule has 4 nitrogen and oxygen atoms in total. The van der Waals surface area contributed by atoms with Gasteiger partial charge < -0.3 is 10.0 Å². The molecule has 0 radical (unpaired) electrons. The highest BCUT2D eigenvalue weighted by atomic mass is 16.4. The molecule has 0 aromatic carbocycles. The summed E-state index contributed by atoms with van der Waals surface area (Å²) in [4.78, 5) is 25.4. The van der Waals surface area contributed by atoms with Crippen LogP contribution in [0, 0.1) is 11.8 Å². The molecule has 0 bridgehead atoms. The van der Waals surface area contributed by atoms with Crippen LogP contribution in [0.4, 0.5) is 0 Å². The zero-order valence-corrected chi connectivity index (χ0v) is 11.7. The van der Waals surface area contributed by atoms with Crippen LogP contribution in [0.3, 0.4) is 0 Å². The van der Waals surface area contributed by atoms with E-state index in [1.807, 2.05) is 6.92 Å². The lowest BCUT2D eigenvalue weighted by Crippen LogP contribution is -2.44. The number of rotatable bonds is 5. The van der Waals surface area contributed by atoms with Gasteiger partial charge in [-0.25, -0.2) is 0 Å². The van der Waals surface area contributed by atoms with Crippen LogP contribution >= 0.6 is 0 Å². The van der Waals surface area contributed by atoms with Gasteiger partial charge in [-0.05, 0) is 26.2 Å². The summed E-state index contributed by atoms with van der Waals surface area (Å²) in [7, 11) is 1.80. The maximum Gasteiger partial charge on any atom is 0.307 e. The summed E-state index contributed by atoms with van der Waals surface area (Å²) in [5.41, 5.74) is 0. The lowest BCUT2D eigenvalue weighted by molar-refractivity contribution is -0.152. The van der Waals surface area contributed by atoms with E-state index in [-0.39, 0.29) is 17.9 Å². The summed E-state index contributed by atoms with van der Waals surface area (Å²) in [5, 5.41) is 9.21. The molecule has 0 aromatic heterocycles. The van der Waals surface area contributed by atoms with E-state index < -0.39 is 11.9 Å². The first-order valence-corrected chi connectivity index (χ1v) is 6.98. The van der Waals surface area contributed by atoms with Gasteiger partial charge in [0.1, 0.15) is 0 Å². The standard InChI is InChI=1S/C14H25NO3/c1-4-7-10(2)15(3)13(16)11-8-5-6-9-12(11)14(17)18/h10-12H,4-9H2,1-3H3,(H,17,18). The molecular formula is C14H25NO3. The average molecular weight is 255 g/mol. The molecule has 3 atom stereocenters. The van der Waals surface area contributed by atoms with Crippen LogP contribution in [0.15, 0.2) is 0 Å². The Bertz CT molecular complexity index is 303. The first kappa shape index (κ1) is 15.0. The average Bonchev–Trinajstić information content (AvgIpc) is 2.37. The highest BCUT2D eigenvalue weighted by molar-refractivity contribution is 5.85. The molecule has 1 rings (SSSR count). The van der Waals surface area contributed by atoms with Gasteiger partial charge in [-0.15, -0.1) is 0 Å². The molecule has 104 valence electrons. The number of carboxylic acid groups (broad SMARTS) is 1. The predicted molar refractivity (Wildman–Crippen MR) is 70.2 cm³/mol. The third-order valence-electron chi connectivity index (χ3n) is 4.12. The van der Waals surface area contributed by atoms with Gasteiger partial charge in [0.2, 0.25) is 5.91 Å². The fourth-order valence-corrected chi connectivity index (χ4v) is 2.81. The second-order valence-corrected chi connectivity index (χ2v) is 5.42. The van der Waals surface area contributed by atoms with Crippen molar-refractivity contribution in [2.75, 3.05) is 7.05 Å². The van der Waals surface area contributed by atoms with Gasteiger partial charge in [-0.2, -0.15) is 0 Å². The van der Waals surface area contributed by atoms with Crippen molar-refractivity contribution in [1.82, 2.24) is 4.90 Å². The Labute approximate surface area is 109 Å². The van der Waals surface area contributed by atoms with Gasteiger partial charge in [0.05, 0.1) is 11.8 Å². The van der Waals surface area contributed by atoms with Crippen molar-refractivity contribution in [3.8, 4) is 0 Å². The number of amides is 1. The van der Waals surface area contributed by atoms with Crippen molar-refractivity contribution in [2.24, 2.45) is 11.8 Å². The Balaban J connectivity index is 2.70. The summed E-state index contributed by atoms with van der Waals surface area (Å²) in [6.45, 7) is 4.12. The molecule has 0 aliphatic heterocycles. The van der Waals surface area contributed by atoms with Crippen LogP contribution in [0.2, 0.25) is 0 Å². The van der Waals surface area contributed by atoms with Gasteiger partial charge in [0, 0.05) is 13.1 Å². The minimum atomic E-state index is -0.815. The summed E-state index contributed by atoms with van der Waals surface area (Å²) < 4.78 is 0. The van der Waals surface area contributed by atoms with Crippen LogP contribution < -0.4 is 0 Å². The topological polar surface area (TPSA) is 57.6 Å². The maximum atomic E-state index is 12.4. The van der Waals surface area contributed by atoms with Crippen molar-refractivity contribution in [3.05, 3.63) is 0 Å². The van der Waals surface area contributed by atoms with Gasteiger partial charge in [0.15, 0.2) is 0 Å². The number of aliphatic carboxylic acids is 1. The van der Waals surface area contributed by atoms with Gasteiger partial charge >= 0.3 is 5.97 Å². The molecular weight excluding hydrogens is 230 g/mol. The Morgan fingerprint density at radius 1 is 1.28 bits per heavy atom. The van der Waals surface area contributed by atoms with Crippen molar-refractivity contribution in [2.45, 2.75) is 58.4 Å². The summed E-state index contributed by atoms with van der Waals surface area (Å²) in [6, 6.07) is 0.193. The lowest BCUT2D eigenvalue weighted by atomic mass is 9.78. The minimum Gasteiger partial charge on any atom is -0.481 e. The minimum absolute atomic E-state index is 0.0167. The number of hydrogen-bond donors (Lipinski definition) is 1. The van der Waals surface area contributed by atoms with Crippen molar-refractivity contribution in [1.29, 1.82) is 0 Å². The number of carbonyl (C=O) groups excluding carboxylic acids is 1.